The van der Waals surface area contributed by atoms with Crippen molar-refractivity contribution in [2.24, 2.45) is 5.92 Å². The third kappa shape index (κ3) is 4.16. The lowest BCUT2D eigenvalue weighted by atomic mass is 9.93. The Bertz CT molecular complexity index is 871. The number of rotatable bonds is 6. The molecule has 0 fully saturated rings. The molecule has 1 aromatic heterocycles. The molecule has 28 heavy (non-hydrogen) atoms. The molecular formula is C22H27N3O3. The lowest BCUT2D eigenvalue weighted by Crippen LogP contribution is -2.39. The highest BCUT2D eigenvalue weighted by atomic mass is 16.5. The summed E-state index contributed by atoms with van der Waals surface area (Å²) in [5, 5.41) is 7.54. The average Bonchev–Trinajstić information content (AvgIpc) is 3.01. The number of carbonyl (C=O) groups excluding carboxylic acids is 2. The van der Waals surface area contributed by atoms with E-state index in [0.29, 0.717) is 17.7 Å². The third-order valence-corrected chi connectivity index (χ3v) is 5.09. The van der Waals surface area contributed by atoms with E-state index in [2.05, 4.69) is 16.5 Å². The Labute approximate surface area is 165 Å². The number of amides is 1. The Hall–Kier alpha value is -2.89. The van der Waals surface area contributed by atoms with E-state index in [4.69, 9.17) is 4.74 Å². The largest absolute Gasteiger partial charge is 0.464 e. The van der Waals surface area contributed by atoms with E-state index in [1.54, 1.807) is 11.6 Å². The van der Waals surface area contributed by atoms with Gasteiger partial charge < -0.3 is 10.1 Å². The number of carbonyl (C=O) groups is 2. The van der Waals surface area contributed by atoms with Gasteiger partial charge in [0.05, 0.1) is 18.0 Å². The zero-order valence-corrected chi connectivity index (χ0v) is 16.6. The molecule has 1 heterocycles. The minimum Gasteiger partial charge on any atom is -0.464 e. The molecule has 6 heteroatoms. The zero-order valence-electron chi connectivity index (χ0n) is 16.6. The van der Waals surface area contributed by atoms with Crippen molar-refractivity contribution in [2.75, 3.05) is 6.61 Å². The van der Waals surface area contributed by atoms with E-state index in [1.165, 1.54) is 0 Å². The Morgan fingerprint density at radius 3 is 2.64 bits per heavy atom. The van der Waals surface area contributed by atoms with Crippen LogP contribution in [0.5, 0.6) is 0 Å². The van der Waals surface area contributed by atoms with Crippen molar-refractivity contribution in [3.63, 3.8) is 0 Å². The number of benzene rings is 1. The van der Waals surface area contributed by atoms with Crippen molar-refractivity contribution in [3.05, 3.63) is 59.4 Å². The fourth-order valence-corrected chi connectivity index (χ4v) is 3.66. The lowest BCUT2D eigenvalue weighted by molar-refractivity contribution is -0.148. The molecule has 1 aromatic carbocycles. The van der Waals surface area contributed by atoms with Gasteiger partial charge in [-0.05, 0) is 52.2 Å². The van der Waals surface area contributed by atoms with Crippen LogP contribution in [0.1, 0.15) is 49.2 Å². The smallest absolute Gasteiger partial charge is 0.333 e. The summed E-state index contributed by atoms with van der Waals surface area (Å²) in [4.78, 5) is 25.5. The average molecular weight is 381 g/mol. The van der Waals surface area contributed by atoms with Crippen LogP contribution in [-0.2, 0) is 14.3 Å². The first-order chi connectivity index (χ1) is 13.5. The van der Waals surface area contributed by atoms with Crippen LogP contribution in [0.2, 0.25) is 0 Å². The molecule has 1 aliphatic rings. The molecule has 0 saturated carbocycles. The molecule has 0 unspecified atom stereocenters. The van der Waals surface area contributed by atoms with Crippen molar-refractivity contribution < 1.29 is 14.3 Å². The van der Waals surface area contributed by atoms with Crippen molar-refractivity contribution >= 4 is 11.9 Å². The Morgan fingerprint density at radius 1 is 1.25 bits per heavy atom. The summed E-state index contributed by atoms with van der Waals surface area (Å²) in [6.07, 6.45) is 6.48. The first-order valence-electron chi connectivity index (χ1n) is 9.76. The highest BCUT2D eigenvalue weighted by molar-refractivity contribution is 5.87. The van der Waals surface area contributed by atoms with Gasteiger partial charge >= 0.3 is 5.97 Å². The number of esters is 1. The normalized spacial score (nSPS) is 17.2. The summed E-state index contributed by atoms with van der Waals surface area (Å²) >= 11 is 0. The van der Waals surface area contributed by atoms with Gasteiger partial charge in [0.15, 0.2) is 6.04 Å². The molecule has 2 atom stereocenters. The van der Waals surface area contributed by atoms with Gasteiger partial charge in [-0.3, -0.25) is 4.79 Å². The van der Waals surface area contributed by atoms with Crippen LogP contribution in [0, 0.1) is 19.8 Å². The maximum absolute atomic E-state index is 12.8. The molecule has 0 aliphatic heterocycles. The number of hydrogen-bond acceptors (Lipinski definition) is 4. The molecule has 2 aromatic rings. The number of para-hydroxylation sites is 1. The number of hydrogen-bond donors (Lipinski definition) is 1. The van der Waals surface area contributed by atoms with Crippen molar-refractivity contribution in [3.8, 4) is 5.69 Å². The number of ether oxygens (including phenoxy) is 1. The summed E-state index contributed by atoms with van der Waals surface area (Å²) in [6, 6.07) is 8.86. The first-order valence-corrected chi connectivity index (χ1v) is 9.76. The van der Waals surface area contributed by atoms with Crippen molar-refractivity contribution in [1.29, 1.82) is 0 Å². The Morgan fingerprint density at radius 2 is 2.00 bits per heavy atom. The Balaban J connectivity index is 1.94. The van der Waals surface area contributed by atoms with E-state index in [1.807, 2.05) is 50.3 Å². The summed E-state index contributed by atoms with van der Waals surface area (Å²) in [7, 11) is 0. The molecule has 0 radical (unpaired) electrons. The van der Waals surface area contributed by atoms with Gasteiger partial charge in [0.1, 0.15) is 0 Å². The van der Waals surface area contributed by atoms with Crippen LogP contribution < -0.4 is 5.32 Å². The predicted molar refractivity (Wildman–Crippen MR) is 107 cm³/mol. The number of aromatic nitrogens is 2. The van der Waals surface area contributed by atoms with Gasteiger partial charge in [0.2, 0.25) is 5.91 Å². The molecule has 1 N–H and O–H groups in total. The van der Waals surface area contributed by atoms with E-state index in [0.717, 1.165) is 24.2 Å². The van der Waals surface area contributed by atoms with E-state index < -0.39 is 12.0 Å². The quantitative estimate of drug-likeness (QED) is 0.613. The summed E-state index contributed by atoms with van der Waals surface area (Å²) in [6.45, 7) is 5.77. The number of nitrogens with zero attached hydrogens (tertiary/aromatic N) is 2. The lowest BCUT2D eigenvalue weighted by Gasteiger charge is -2.22. The van der Waals surface area contributed by atoms with Crippen LogP contribution in [-0.4, -0.2) is 28.3 Å². The minimum absolute atomic E-state index is 0.117. The molecule has 3 rings (SSSR count). The van der Waals surface area contributed by atoms with Crippen LogP contribution in [0.15, 0.2) is 42.5 Å². The fourth-order valence-electron chi connectivity index (χ4n) is 3.66. The first kappa shape index (κ1) is 19.9. The van der Waals surface area contributed by atoms with E-state index in [9.17, 15) is 9.59 Å². The van der Waals surface area contributed by atoms with Crippen molar-refractivity contribution in [2.45, 2.75) is 46.1 Å². The van der Waals surface area contributed by atoms with Crippen molar-refractivity contribution in [1.82, 2.24) is 15.1 Å². The SMILES string of the molecule is CCOC(=O)[C@@H](NC(=O)[C@H]1CC=CCC1)c1c(C)nn(-c2ccccc2)c1C. The number of nitrogens with one attached hydrogen (secondary N) is 1. The third-order valence-electron chi connectivity index (χ3n) is 5.09. The second-order valence-electron chi connectivity index (χ2n) is 7.01. The fraction of sp³-hybridized carbons (Fsp3) is 0.409. The highest BCUT2D eigenvalue weighted by Crippen LogP contribution is 2.27. The van der Waals surface area contributed by atoms with Gasteiger partial charge in [-0.25, -0.2) is 9.48 Å². The maximum Gasteiger partial charge on any atom is 0.333 e. The van der Waals surface area contributed by atoms with Gasteiger partial charge in [-0.1, -0.05) is 30.4 Å². The molecule has 0 saturated heterocycles. The predicted octanol–water partition coefficient (Wildman–Crippen LogP) is 3.57. The molecule has 1 amide bonds. The molecular weight excluding hydrogens is 354 g/mol. The van der Waals surface area contributed by atoms with Crippen LogP contribution in [0.4, 0.5) is 0 Å². The summed E-state index contributed by atoms with van der Waals surface area (Å²) < 4.78 is 7.06. The van der Waals surface area contributed by atoms with Gasteiger partial charge in [0, 0.05) is 17.2 Å². The zero-order chi connectivity index (χ0) is 20.1. The second kappa shape index (κ2) is 8.87. The molecule has 1 aliphatic carbocycles. The Kier molecular flexibility index (Phi) is 6.29. The van der Waals surface area contributed by atoms with Gasteiger partial charge in [-0.15, -0.1) is 0 Å². The molecule has 0 spiro atoms. The van der Waals surface area contributed by atoms with Crippen LogP contribution in [0.25, 0.3) is 5.69 Å². The summed E-state index contributed by atoms with van der Waals surface area (Å²) in [5.74, 6) is -0.693. The van der Waals surface area contributed by atoms with Gasteiger partial charge in [-0.2, -0.15) is 5.10 Å². The van der Waals surface area contributed by atoms with Gasteiger partial charge in [0.25, 0.3) is 0 Å². The highest BCUT2D eigenvalue weighted by Gasteiger charge is 2.32. The maximum atomic E-state index is 12.8. The number of aryl methyl sites for hydroxylation is 1. The second-order valence-corrected chi connectivity index (χ2v) is 7.01. The summed E-state index contributed by atoms with van der Waals surface area (Å²) in [5.41, 5.74) is 3.11. The van der Waals surface area contributed by atoms with E-state index >= 15 is 0 Å². The topological polar surface area (TPSA) is 73.2 Å². The van der Waals surface area contributed by atoms with Crippen LogP contribution in [0.3, 0.4) is 0 Å². The van der Waals surface area contributed by atoms with E-state index in [-0.39, 0.29) is 18.4 Å². The minimum atomic E-state index is -0.865. The molecule has 0 bridgehead atoms. The number of allylic oxidation sites excluding steroid dienone is 2. The monoisotopic (exact) mass is 381 g/mol. The molecule has 148 valence electrons. The molecule has 6 nitrogen and oxygen atoms in total. The van der Waals surface area contributed by atoms with Crippen LogP contribution >= 0.6 is 0 Å². The standard InChI is InChI=1S/C22H27N3O3/c1-4-28-22(27)20(23-21(26)17-11-7-5-8-12-17)19-15(2)24-25(16(19)3)18-13-9-6-10-14-18/h5-7,9-10,13-14,17,20H,4,8,11-12H2,1-3H3,(H,23,26)/t17-,20-/m0/s1.